The molecule has 1 heterocycles. The number of rotatable bonds is 4. The van der Waals surface area contributed by atoms with Gasteiger partial charge in [-0.05, 0) is 20.3 Å². The quantitative estimate of drug-likeness (QED) is 0.768. The van der Waals surface area contributed by atoms with Crippen LogP contribution in [-0.4, -0.2) is 19.9 Å². The van der Waals surface area contributed by atoms with Gasteiger partial charge >= 0.3 is 0 Å². The maximum Gasteiger partial charge on any atom is 0.179 e. The Bertz CT molecular complexity index is 268. The fourth-order valence-electron chi connectivity index (χ4n) is 1.14. The van der Waals surface area contributed by atoms with E-state index >= 15 is 0 Å². The Morgan fingerprint density at radius 2 is 2.23 bits per heavy atom. The Morgan fingerprint density at radius 1 is 1.54 bits per heavy atom. The Balaban J connectivity index is 2.71. The zero-order chi connectivity index (χ0) is 9.84. The van der Waals surface area contributed by atoms with Crippen LogP contribution in [0.1, 0.15) is 44.4 Å². The second kappa shape index (κ2) is 4.37. The summed E-state index contributed by atoms with van der Waals surface area (Å²) < 4.78 is 1.85. The van der Waals surface area contributed by atoms with Gasteiger partial charge in [-0.2, -0.15) is 5.10 Å². The minimum Gasteiger partial charge on any atom is -0.385 e. The lowest BCUT2D eigenvalue weighted by Crippen LogP contribution is -2.03. The highest BCUT2D eigenvalue weighted by Crippen LogP contribution is 2.07. The molecule has 0 saturated heterocycles. The summed E-state index contributed by atoms with van der Waals surface area (Å²) in [6, 6.07) is 0. The van der Waals surface area contributed by atoms with E-state index in [0.717, 1.165) is 25.2 Å². The molecule has 0 aliphatic carbocycles. The number of hydrogen-bond donors (Lipinski definition) is 1. The lowest BCUT2D eigenvalue weighted by Gasteiger charge is -1.99. The third-order valence-corrected chi connectivity index (χ3v) is 1.97. The second-order valence-electron chi connectivity index (χ2n) is 3.27. The molecular weight excluding hydrogens is 166 g/mol. The van der Waals surface area contributed by atoms with Gasteiger partial charge in [-0.1, -0.05) is 13.3 Å². The molecule has 74 valence electrons. The third kappa shape index (κ3) is 2.52. The van der Waals surface area contributed by atoms with Crippen molar-refractivity contribution in [1.82, 2.24) is 14.8 Å². The average Bonchev–Trinajstić information content (AvgIpc) is 2.44. The molecule has 0 aromatic carbocycles. The largest absolute Gasteiger partial charge is 0.385 e. The van der Waals surface area contributed by atoms with Crippen LogP contribution in [0.4, 0.5) is 0 Å². The van der Waals surface area contributed by atoms with Crippen LogP contribution in [0.15, 0.2) is 0 Å². The molecule has 4 heteroatoms. The summed E-state index contributed by atoms with van der Waals surface area (Å²) >= 11 is 0. The number of unbranched alkanes of at least 4 members (excludes halogenated alkanes) is 1. The first kappa shape index (κ1) is 10.2. The van der Waals surface area contributed by atoms with Gasteiger partial charge in [0.1, 0.15) is 11.9 Å². The van der Waals surface area contributed by atoms with Gasteiger partial charge in [0.25, 0.3) is 0 Å². The van der Waals surface area contributed by atoms with Crippen molar-refractivity contribution >= 4 is 0 Å². The van der Waals surface area contributed by atoms with Crippen molar-refractivity contribution in [2.75, 3.05) is 0 Å². The zero-order valence-electron chi connectivity index (χ0n) is 8.49. The molecule has 1 atom stereocenters. The molecule has 1 N–H and O–H groups in total. The summed E-state index contributed by atoms with van der Waals surface area (Å²) in [6.07, 6.45) is 1.67. The fraction of sp³-hybridized carbons (Fsp3) is 0.778. The van der Waals surface area contributed by atoms with Crippen molar-refractivity contribution in [3.63, 3.8) is 0 Å². The summed E-state index contributed by atoms with van der Waals surface area (Å²) in [5.41, 5.74) is 0. The van der Waals surface area contributed by atoms with E-state index in [-0.39, 0.29) is 0 Å². The van der Waals surface area contributed by atoms with Gasteiger partial charge < -0.3 is 5.11 Å². The van der Waals surface area contributed by atoms with E-state index in [1.165, 1.54) is 0 Å². The molecule has 0 unspecified atom stereocenters. The topological polar surface area (TPSA) is 50.9 Å². The van der Waals surface area contributed by atoms with Gasteiger partial charge in [0.2, 0.25) is 0 Å². The van der Waals surface area contributed by atoms with Crippen LogP contribution in [0, 0.1) is 6.92 Å². The number of nitrogens with zero attached hydrogens (tertiary/aromatic N) is 3. The van der Waals surface area contributed by atoms with Crippen LogP contribution >= 0.6 is 0 Å². The first-order valence-corrected chi connectivity index (χ1v) is 4.74. The first-order chi connectivity index (χ1) is 6.15. The molecule has 0 aliphatic rings. The van der Waals surface area contributed by atoms with Crippen molar-refractivity contribution in [2.24, 2.45) is 0 Å². The van der Waals surface area contributed by atoms with Crippen LogP contribution in [0.2, 0.25) is 0 Å². The summed E-state index contributed by atoms with van der Waals surface area (Å²) in [5.74, 6) is 1.40. The molecule has 4 nitrogen and oxygen atoms in total. The summed E-state index contributed by atoms with van der Waals surface area (Å²) in [4.78, 5) is 4.16. The molecule has 0 radical (unpaired) electrons. The highest BCUT2D eigenvalue weighted by molar-refractivity contribution is 4.92. The molecule has 0 aliphatic heterocycles. The normalized spacial score (nSPS) is 13.2. The van der Waals surface area contributed by atoms with Gasteiger partial charge in [0, 0.05) is 6.54 Å². The third-order valence-electron chi connectivity index (χ3n) is 1.97. The maximum atomic E-state index is 9.25. The molecule has 0 saturated carbocycles. The predicted molar refractivity (Wildman–Crippen MR) is 50.3 cm³/mol. The lowest BCUT2D eigenvalue weighted by atomic mass is 10.3. The average molecular weight is 183 g/mol. The van der Waals surface area contributed by atoms with Crippen molar-refractivity contribution in [1.29, 1.82) is 0 Å². The standard InChI is InChI=1S/C9H17N3O/c1-4-5-6-12-8(3)10-9(11-12)7(2)13/h7,13H,4-6H2,1-3H3/t7-/m1/s1. The summed E-state index contributed by atoms with van der Waals surface area (Å²) in [6.45, 7) is 6.62. The van der Waals surface area contributed by atoms with E-state index in [1.54, 1.807) is 6.92 Å². The summed E-state index contributed by atoms with van der Waals surface area (Å²) in [7, 11) is 0. The molecule has 13 heavy (non-hydrogen) atoms. The van der Waals surface area contributed by atoms with Crippen LogP contribution in [0.25, 0.3) is 0 Å². The zero-order valence-corrected chi connectivity index (χ0v) is 8.49. The fourth-order valence-corrected chi connectivity index (χ4v) is 1.14. The van der Waals surface area contributed by atoms with E-state index in [1.807, 2.05) is 11.6 Å². The number of aliphatic hydroxyl groups is 1. The van der Waals surface area contributed by atoms with Crippen molar-refractivity contribution in [3.05, 3.63) is 11.6 Å². The van der Waals surface area contributed by atoms with Gasteiger partial charge in [0.15, 0.2) is 5.82 Å². The number of aryl methyl sites for hydroxylation is 2. The predicted octanol–water partition coefficient (Wildman–Crippen LogP) is 1.44. The highest BCUT2D eigenvalue weighted by atomic mass is 16.3. The monoisotopic (exact) mass is 183 g/mol. The van der Waals surface area contributed by atoms with Crippen LogP contribution in [0.5, 0.6) is 0 Å². The first-order valence-electron chi connectivity index (χ1n) is 4.74. The van der Waals surface area contributed by atoms with E-state index < -0.39 is 6.10 Å². The van der Waals surface area contributed by atoms with E-state index in [9.17, 15) is 5.11 Å². The number of aliphatic hydroxyl groups excluding tert-OH is 1. The molecule has 1 rings (SSSR count). The molecule has 0 fully saturated rings. The molecule has 0 amide bonds. The Hall–Kier alpha value is -0.900. The highest BCUT2D eigenvalue weighted by Gasteiger charge is 2.09. The minimum absolute atomic E-state index is 0.522. The van der Waals surface area contributed by atoms with Gasteiger partial charge in [-0.15, -0.1) is 0 Å². The van der Waals surface area contributed by atoms with Gasteiger partial charge in [0.05, 0.1) is 0 Å². The SMILES string of the molecule is CCCCn1nc([C@@H](C)O)nc1C. The Morgan fingerprint density at radius 3 is 2.69 bits per heavy atom. The van der Waals surface area contributed by atoms with Crippen LogP contribution in [0.3, 0.4) is 0 Å². The van der Waals surface area contributed by atoms with Gasteiger partial charge in [-0.25, -0.2) is 4.98 Å². The van der Waals surface area contributed by atoms with Crippen molar-refractivity contribution in [3.8, 4) is 0 Å². The molecular formula is C9H17N3O. The summed E-state index contributed by atoms with van der Waals surface area (Å²) in [5, 5.41) is 13.5. The van der Waals surface area contributed by atoms with Crippen molar-refractivity contribution in [2.45, 2.75) is 46.3 Å². The molecule has 0 bridgehead atoms. The Labute approximate surface area is 78.6 Å². The maximum absolute atomic E-state index is 9.25. The number of aromatic nitrogens is 3. The lowest BCUT2D eigenvalue weighted by molar-refractivity contribution is 0.188. The molecule has 1 aromatic rings. The van der Waals surface area contributed by atoms with Gasteiger partial charge in [-0.3, -0.25) is 4.68 Å². The van der Waals surface area contributed by atoms with E-state index in [0.29, 0.717) is 5.82 Å². The van der Waals surface area contributed by atoms with E-state index in [2.05, 4.69) is 17.0 Å². The second-order valence-corrected chi connectivity index (χ2v) is 3.27. The molecule has 0 spiro atoms. The van der Waals surface area contributed by atoms with Crippen LogP contribution in [-0.2, 0) is 6.54 Å². The minimum atomic E-state index is -0.568. The van der Waals surface area contributed by atoms with Crippen molar-refractivity contribution < 1.29 is 5.11 Å². The number of hydrogen-bond acceptors (Lipinski definition) is 3. The van der Waals surface area contributed by atoms with E-state index in [4.69, 9.17) is 0 Å². The smallest absolute Gasteiger partial charge is 0.179 e. The van der Waals surface area contributed by atoms with Crippen LogP contribution < -0.4 is 0 Å². The Kier molecular flexibility index (Phi) is 3.42. The molecule has 1 aromatic heterocycles.